The summed E-state index contributed by atoms with van der Waals surface area (Å²) in [5.74, 6) is -0.823. The molecule has 2 unspecified atom stereocenters. The molecule has 0 bridgehead atoms. The van der Waals surface area contributed by atoms with Gasteiger partial charge in [0, 0.05) is 43.2 Å². The van der Waals surface area contributed by atoms with Gasteiger partial charge in [0.25, 0.3) is 0 Å². The SMILES string of the molecule is Cc1ccc(N2C(=O)CC(C(=O)N3CCCN(CC(F)(F)F)CC3)C2c2cccs2)cc1. The second-order valence-corrected chi connectivity index (χ2v) is 9.42. The highest BCUT2D eigenvalue weighted by molar-refractivity contribution is 7.10. The van der Waals surface area contributed by atoms with Crippen molar-refractivity contribution < 1.29 is 22.8 Å². The van der Waals surface area contributed by atoms with Crippen LogP contribution in [0.2, 0.25) is 0 Å². The number of amides is 2. The Kier molecular flexibility index (Phi) is 6.57. The second-order valence-electron chi connectivity index (χ2n) is 8.44. The lowest BCUT2D eigenvalue weighted by atomic mass is 9.96. The van der Waals surface area contributed by atoms with Crippen molar-refractivity contribution in [2.45, 2.75) is 32.0 Å². The standard InChI is InChI=1S/C23H26F3N3O2S/c1-16-5-7-17(8-6-16)29-20(30)14-18(21(29)19-4-2-13-32-19)22(31)28-10-3-9-27(11-12-28)15-23(24,25)26/h2,4-8,13,18,21H,3,9-12,14-15H2,1H3. The first-order valence-electron chi connectivity index (χ1n) is 10.7. The number of thiophene rings is 1. The predicted octanol–water partition coefficient (Wildman–Crippen LogP) is 4.25. The first-order chi connectivity index (χ1) is 15.2. The molecule has 0 radical (unpaired) electrons. The summed E-state index contributed by atoms with van der Waals surface area (Å²) in [7, 11) is 0. The first-order valence-corrected chi connectivity index (χ1v) is 11.6. The number of aryl methyl sites for hydroxylation is 1. The average Bonchev–Trinajstić information content (AvgIpc) is 3.30. The van der Waals surface area contributed by atoms with Gasteiger partial charge in [-0.2, -0.15) is 13.2 Å². The summed E-state index contributed by atoms with van der Waals surface area (Å²) < 4.78 is 38.4. The molecule has 4 rings (SSSR count). The molecule has 2 saturated heterocycles. The zero-order valence-corrected chi connectivity index (χ0v) is 18.7. The van der Waals surface area contributed by atoms with Gasteiger partial charge in [0.15, 0.2) is 0 Å². The minimum absolute atomic E-state index is 0.0953. The van der Waals surface area contributed by atoms with E-state index in [0.717, 1.165) is 16.1 Å². The topological polar surface area (TPSA) is 43.9 Å². The molecule has 0 N–H and O–H groups in total. The van der Waals surface area contributed by atoms with E-state index in [-0.39, 0.29) is 31.3 Å². The Hall–Kier alpha value is -2.39. The molecule has 0 saturated carbocycles. The van der Waals surface area contributed by atoms with Gasteiger partial charge in [-0.3, -0.25) is 14.5 Å². The number of carbonyl (C=O) groups is 2. The molecule has 3 heterocycles. The van der Waals surface area contributed by atoms with Crippen molar-refractivity contribution >= 4 is 28.8 Å². The van der Waals surface area contributed by atoms with Crippen molar-refractivity contribution in [1.29, 1.82) is 0 Å². The molecule has 0 aliphatic carbocycles. The van der Waals surface area contributed by atoms with E-state index in [9.17, 15) is 22.8 Å². The lowest BCUT2D eigenvalue weighted by Gasteiger charge is -2.30. The number of alkyl halides is 3. The van der Waals surface area contributed by atoms with Gasteiger partial charge in [0.05, 0.1) is 18.5 Å². The Morgan fingerprint density at radius 2 is 1.84 bits per heavy atom. The lowest BCUT2D eigenvalue weighted by Crippen LogP contribution is -2.42. The second kappa shape index (κ2) is 9.23. The van der Waals surface area contributed by atoms with Crippen LogP contribution in [0.4, 0.5) is 18.9 Å². The summed E-state index contributed by atoms with van der Waals surface area (Å²) in [4.78, 5) is 32.2. The van der Waals surface area contributed by atoms with Crippen LogP contribution in [0.25, 0.3) is 0 Å². The largest absolute Gasteiger partial charge is 0.401 e. The maximum atomic E-state index is 13.5. The Morgan fingerprint density at radius 1 is 1.09 bits per heavy atom. The molecule has 1 aromatic carbocycles. The van der Waals surface area contributed by atoms with Crippen LogP contribution in [0, 0.1) is 12.8 Å². The predicted molar refractivity (Wildman–Crippen MR) is 118 cm³/mol. The van der Waals surface area contributed by atoms with Crippen LogP contribution in [-0.2, 0) is 9.59 Å². The molecule has 2 fully saturated rings. The Balaban J connectivity index is 1.56. The number of hydrogen-bond donors (Lipinski definition) is 0. The number of hydrogen-bond acceptors (Lipinski definition) is 4. The number of halogens is 3. The summed E-state index contributed by atoms with van der Waals surface area (Å²) in [6.45, 7) is 2.13. The summed E-state index contributed by atoms with van der Waals surface area (Å²) in [6, 6.07) is 11.1. The van der Waals surface area contributed by atoms with Gasteiger partial charge in [-0.05, 0) is 36.9 Å². The molecule has 2 aromatic rings. The van der Waals surface area contributed by atoms with Crippen molar-refractivity contribution in [3.63, 3.8) is 0 Å². The maximum absolute atomic E-state index is 13.5. The zero-order valence-electron chi connectivity index (χ0n) is 17.8. The summed E-state index contributed by atoms with van der Waals surface area (Å²) in [5.41, 5.74) is 1.83. The summed E-state index contributed by atoms with van der Waals surface area (Å²) in [6.07, 6.45) is -3.68. The van der Waals surface area contributed by atoms with Crippen LogP contribution in [0.3, 0.4) is 0 Å². The molecule has 2 aliphatic rings. The van der Waals surface area contributed by atoms with Crippen LogP contribution in [-0.4, -0.2) is 60.5 Å². The minimum atomic E-state index is -4.25. The fourth-order valence-corrected chi connectivity index (χ4v) is 5.47. The molecule has 32 heavy (non-hydrogen) atoms. The molecule has 0 spiro atoms. The number of carbonyl (C=O) groups excluding carboxylic acids is 2. The van der Waals surface area contributed by atoms with E-state index in [1.54, 1.807) is 9.80 Å². The van der Waals surface area contributed by atoms with Crippen molar-refractivity contribution in [3.8, 4) is 0 Å². The van der Waals surface area contributed by atoms with Crippen LogP contribution >= 0.6 is 11.3 Å². The van der Waals surface area contributed by atoms with Gasteiger partial charge in [-0.15, -0.1) is 11.3 Å². The Labute approximate surface area is 189 Å². The van der Waals surface area contributed by atoms with E-state index in [0.29, 0.717) is 19.5 Å². The summed E-state index contributed by atoms with van der Waals surface area (Å²) in [5, 5.41) is 1.92. The number of benzene rings is 1. The van der Waals surface area contributed by atoms with Gasteiger partial charge < -0.3 is 9.80 Å². The summed E-state index contributed by atoms with van der Waals surface area (Å²) >= 11 is 1.50. The van der Waals surface area contributed by atoms with Crippen LogP contribution in [0.5, 0.6) is 0 Å². The van der Waals surface area contributed by atoms with Gasteiger partial charge in [0.1, 0.15) is 0 Å². The van der Waals surface area contributed by atoms with Crippen LogP contribution in [0.1, 0.15) is 29.3 Å². The normalized spacial score (nSPS) is 22.9. The van der Waals surface area contributed by atoms with Crippen molar-refractivity contribution in [2.24, 2.45) is 5.92 Å². The Bertz CT molecular complexity index is 946. The van der Waals surface area contributed by atoms with E-state index in [4.69, 9.17) is 0 Å². The van der Waals surface area contributed by atoms with E-state index < -0.39 is 24.7 Å². The quantitative estimate of drug-likeness (QED) is 0.678. The average molecular weight is 466 g/mol. The third-order valence-corrected chi connectivity index (χ3v) is 7.03. The molecule has 9 heteroatoms. The van der Waals surface area contributed by atoms with Gasteiger partial charge in [-0.25, -0.2) is 0 Å². The van der Waals surface area contributed by atoms with E-state index in [1.165, 1.54) is 16.2 Å². The highest BCUT2D eigenvalue weighted by atomic mass is 32.1. The third-order valence-electron chi connectivity index (χ3n) is 6.09. The molecule has 2 aliphatic heterocycles. The van der Waals surface area contributed by atoms with Crippen LogP contribution in [0.15, 0.2) is 41.8 Å². The molecule has 5 nitrogen and oxygen atoms in total. The van der Waals surface area contributed by atoms with Crippen molar-refractivity contribution in [3.05, 3.63) is 52.2 Å². The fourth-order valence-electron chi connectivity index (χ4n) is 4.59. The molecule has 1 aromatic heterocycles. The first kappa shape index (κ1) is 22.8. The molecular formula is C23H26F3N3O2S. The number of anilines is 1. The highest BCUT2D eigenvalue weighted by Gasteiger charge is 2.47. The molecular weight excluding hydrogens is 439 g/mol. The minimum Gasteiger partial charge on any atom is -0.341 e. The molecule has 2 atom stereocenters. The zero-order chi connectivity index (χ0) is 22.9. The van der Waals surface area contributed by atoms with E-state index >= 15 is 0 Å². The van der Waals surface area contributed by atoms with Crippen LogP contribution < -0.4 is 4.90 Å². The van der Waals surface area contributed by atoms with Crippen molar-refractivity contribution in [2.75, 3.05) is 37.6 Å². The smallest absolute Gasteiger partial charge is 0.341 e. The third kappa shape index (κ3) is 4.99. The van der Waals surface area contributed by atoms with E-state index in [2.05, 4.69) is 0 Å². The van der Waals surface area contributed by atoms with Crippen molar-refractivity contribution in [1.82, 2.24) is 9.80 Å². The fraction of sp³-hybridized carbons (Fsp3) is 0.478. The van der Waals surface area contributed by atoms with Gasteiger partial charge >= 0.3 is 6.18 Å². The van der Waals surface area contributed by atoms with Gasteiger partial charge in [-0.1, -0.05) is 23.8 Å². The number of nitrogens with zero attached hydrogens (tertiary/aromatic N) is 3. The van der Waals surface area contributed by atoms with E-state index in [1.807, 2.05) is 48.7 Å². The number of rotatable bonds is 4. The molecule has 2 amide bonds. The van der Waals surface area contributed by atoms with Gasteiger partial charge in [0.2, 0.25) is 11.8 Å². The monoisotopic (exact) mass is 465 g/mol. The maximum Gasteiger partial charge on any atom is 0.401 e. The molecule has 172 valence electrons. The Morgan fingerprint density at radius 3 is 2.50 bits per heavy atom. The highest BCUT2D eigenvalue weighted by Crippen LogP contribution is 2.43. The lowest BCUT2D eigenvalue weighted by molar-refractivity contribution is -0.145.